The molecule has 1 atom stereocenters. The fourth-order valence-corrected chi connectivity index (χ4v) is 4.84. The van der Waals surface area contributed by atoms with Gasteiger partial charge in [-0.15, -0.1) is 10.2 Å². The third kappa shape index (κ3) is 3.74. The number of nitriles is 1. The Kier molecular flexibility index (Phi) is 5.56. The maximum absolute atomic E-state index is 9.91. The number of nitrogens with zero attached hydrogens (tertiary/aromatic N) is 6. The average molecular weight is 445 g/mol. The fraction of sp³-hybridized carbons (Fsp3) is 0.550. The molecule has 0 saturated carbocycles. The topological polar surface area (TPSA) is 70.2 Å². The predicted octanol–water partition coefficient (Wildman–Crippen LogP) is 2.92. The molecular weight excluding hydrogens is 420 g/mol. The second-order valence-corrected chi connectivity index (χ2v) is 8.59. The molecule has 148 valence electrons. The number of ether oxygens (including phenoxy) is 1. The zero-order chi connectivity index (χ0) is 19.7. The van der Waals surface area contributed by atoms with Crippen molar-refractivity contribution in [2.75, 3.05) is 38.1 Å². The Morgan fingerprint density at radius 2 is 1.96 bits per heavy atom. The number of piperidine rings is 1. The molecule has 4 rings (SSSR count). The standard InChI is InChI=1S/C20H25BrN6O/c1-25-8-7-15(12-25)28-18-4-3-17(21)19(16(18)11-22)27-9-5-14(6-10-27)20-24-23-13-26(20)2/h3-4,13-15H,5-10,12H2,1-2H3. The summed E-state index contributed by atoms with van der Waals surface area (Å²) < 4.78 is 9.16. The molecule has 2 aliphatic rings. The van der Waals surface area contributed by atoms with Crippen LogP contribution in [0.3, 0.4) is 0 Å². The molecule has 2 aliphatic heterocycles. The zero-order valence-corrected chi connectivity index (χ0v) is 17.9. The first-order valence-corrected chi connectivity index (χ1v) is 10.5. The van der Waals surface area contributed by atoms with Crippen molar-refractivity contribution in [3.63, 3.8) is 0 Å². The summed E-state index contributed by atoms with van der Waals surface area (Å²) in [5.41, 5.74) is 1.57. The zero-order valence-electron chi connectivity index (χ0n) is 16.3. The Hall–Kier alpha value is -2.11. The predicted molar refractivity (Wildman–Crippen MR) is 111 cm³/mol. The van der Waals surface area contributed by atoms with Gasteiger partial charge in [0.25, 0.3) is 0 Å². The summed E-state index contributed by atoms with van der Waals surface area (Å²) >= 11 is 3.66. The van der Waals surface area contributed by atoms with Crippen LogP contribution in [-0.4, -0.2) is 59.0 Å². The molecule has 3 heterocycles. The van der Waals surface area contributed by atoms with Crippen molar-refractivity contribution in [1.82, 2.24) is 19.7 Å². The molecule has 28 heavy (non-hydrogen) atoms. The quantitative estimate of drug-likeness (QED) is 0.721. The first-order chi connectivity index (χ1) is 13.6. The number of likely N-dealkylation sites (tertiary alicyclic amines) is 1. The molecule has 7 nitrogen and oxygen atoms in total. The lowest BCUT2D eigenvalue weighted by Gasteiger charge is -2.34. The molecule has 0 amide bonds. The maximum Gasteiger partial charge on any atom is 0.139 e. The molecule has 2 saturated heterocycles. The van der Waals surface area contributed by atoms with Crippen LogP contribution in [0.2, 0.25) is 0 Å². The third-order valence-electron chi connectivity index (χ3n) is 5.77. The molecule has 0 radical (unpaired) electrons. The highest BCUT2D eigenvalue weighted by molar-refractivity contribution is 9.10. The van der Waals surface area contributed by atoms with E-state index < -0.39 is 0 Å². The van der Waals surface area contributed by atoms with Gasteiger partial charge in [-0.2, -0.15) is 5.26 Å². The minimum atomic E-state index is 0.146. The van der Waals surface area contributed by atoms with Gasteiger partial charge in [-0.25, -0.2) is 0 Å². The highest BCUT2D eigenvalue weighted by Gasteiger charge is 2.28. The summed E-state index contributed by atoms with van der Waals surface area (Å²) in [5.74, 6) is 2.14. The Bertz CT molecular complexity index is 883. The maximum atomic E-state index is 9.91. The third-order valence-corrected chi connectivity index (χ3v) is 6.41. The van der Waals surface area contributed by atoms with E-state index in [4.69, 9.17) is 4.74 Å². The summed E-state index contributed by atoms with van der Waals surface area (Å²) in [4.78, 5) is 4.55. The normalized spacial score (nSPS) is 21.1. The Balaban J connectivity index is 1.53. The van der Waals surface area contributed by atoms with E-state index in [1.807, 2.05) is 23.7 Å². The second-order valence-electron chi connectivity index (χ2n) is 7.73. The van der Waals surface area contributed by atoms with Gasteiger partial charge in [-0.3, -0.25) is 0 Å². The molecule has 1 aromatic carbocycles. The van der Waals surface area contributed by atoms with Crippen LogP contribution in [-0.2, 0) is 7.05 Å². The molecular formula is C20H25BrN6O. The van der Waals surface area contributed by atoms with Gasteiger partial charge in [-0.1, -0.05) is 0 Å². The monoisotopic (exact) mass is 444 g/mol. The Labute approximate surface area is 174 Å². The number of benzene rings is 1. The van der Waals surface area contributed by atoms with Crippen LogP contribution in [0.15, 0.2) is 22.9 Å². The highest BCUT2D eigenvalue weighted by Crippen LogP contribution is 2.39. The summed E-state index contributed by atoms with van der Waals surface area (Å²) in [6.07, 6.45) is 4.88. The largest absolute Gasteiger partial charge is 0.488 e. The number of hydrogen-bond acceptors (Lipinski definition) is 6. The van der Waals surface area contributed by atoms with Gasteiger partial charge in [-0.05, 0) is 54.4 Å². The van der Waals surface area contributed by atoms with Crippen molar-refractivity contribution >= 4 is 21.6 Å². The van der Waals surface area contributed by atoms with Crippen LogP contribution in [0, 0.1) is 11.3 Å². The molecule has 0 spiro atoms. The van der Waals surface area contributed by atoms with Gasteiger partial charge in [0.05, 0.1) is 5.69 Å². The number of hydrogen-bond donors (Lipinski definition) is 0. The summed E-state index contributed by atoms with van der Waals surface area (Å²) in [5, 5.41) is 18.2. The number of halogens is 1. The molecule has 2 aromatic rings. The van der Waals surface area contributed by atoms with E-state index in [-0.39, 0.29) is 6.10 Å². The van der Waals surface area contributed by atoms with E-state index >= 15 is 0 Å². The van der Waals surface area contributed by atoms with E-state index in [0.717, 1.165) is 61.4 Å². The van der Waals surface area contributed by atoms with Crippen molar-refractivity contribution in [1.29, 1.82) is 5.26 Å². The van der Waals surface area contributed by atoms with Gasteiger partial charge in [0.15, 0.2) is 0 Å². The van der Waals surface area contributed by atoms with Crippen LogP contribution >= 0.6 is 15.9 Å². The number of likely N-dealkylation sites (N-methyl/N-ethyl adjacent to an activating group) is 1. The van der Waals surface area contributed by atoms with E-state index in [9.17, 15) is 5.26 Å². The lowest BCUT2D eigenvalue weighted by atomic mass is 9.95. The molecule has 1 aromatic heterocycles. The number of aryl methyl sites for hydroxylation is 1. The summed E-state index contributed by atoms with van der Waals surface area (Å²) in [7, 11) is 4.09. The first-order valence-electron chi connectivity index (χ1n) is 9.73. The van der Waals surface area contributed by atoms with Crippen LogP contribution in [0.25, 0.3) is 0 Å². The van der Waals surface area contributed by atoms with Gasteiger partial charge in [0, 0.05) is 43.6 Å². The van der Waals surface area contributed by atoms with Crippen molar-refractivity contribution in [3.8, 4) is 11.8 Å². The lowest BCUT2D eigenvalue weighted by Crippen LogP contribution is -2.34. The number of rotatable bonds is 4. The van der Waals surface area contributed by atoms with E-state index in [0.29, 0.717) is 17.2 Å². The van der Waals surface area contributed by atoms with Crippen LogP contribution < -0.4 is 9.64 Å². The van der Waals surface area contributed by atoms with Crippen molar-refractivity contribution in [3.05, 3.63) is 34.3 Å². The molecule has 0 aliphatic carbocycles. The second kappa shape index (κ2) is 8.10. The molecule has 8 heteroatoms. The van der Waals surface area contributed by atoms with Crippen molar-refractivity contribution in [2.24, 2.45) is 7.05 Å². The average Bonchev–Trinajstić information content (AvgIpc) is 3.31. The van der Waals surface area contributed by atoms with Crippen molar-refractivity contribution < 1.29 is 4.74 Å². The van der Waals surface area contributed by atoms with Crippen LogP contribution in [0.1, 0.15) is 36.6 Å². The molecule has 0 N–H and O–H groups in total. The van der Waals surface area contributed by atoms with E-state index in [2.05, 4.69) is 49.0 Å². The number of anilines is 1. The fourth-order valence-electron chi connectivity index (χ4n) is 4.26. The molecule has 2 fully saturated rings. The molecule has 0 bridgehead atoms. The van der Waals surface area contributed by atoms with Crippen LogP contribution in [0.4, 0.5) is 5.69 Å². The first kappa shape index (κ1) is 19.2. The summed E-state index contributed by atoms with van der Waals surface area (Å²) in [6.45, 7) is 3.69. The molecule has 1 unspecified atom stereocenters. The SMILES string of the molecule is CN1CCC(Oc2ccc(Br)c(N3CCC(c4nncn4C)CC3)c2C#N)C1. The van der Waals surface area contributed by atoms with Gasteiger partial charge < -0.3 is 19.1 Å². The Morgan fingerprint density at radius 3 is 2.57 bits per heavy atom. The van der Waals surface area contributed by atoms with E-state index in [1.165, 1.54) is 0 Å². The van der Waals surface area contributed by atoms with Crippen LogP contribution in [0.5, 0.6) is 5.75 Å². The van der Waals surface area contributed by atoms with Gasteiger partial charge >= 0.3 is 0 Å². The van der Waals surface area contributed by atoms with Crippen molar-refractivity contribution in [2.45, 2.75) is 31.3 Å². The summed E-state index contributed by atoms with van der Waals surface area (Å²) in [6, 6.07) is 6.31. The Morgan fingerprint density at radius 1 is 1.18 bits per heavy atom. The van der Waals surface area contributed by atoms with Gasteiger partial charge in [0.2, 0.25) is 0 Å². The minimum Gasteiger partial charge on any atom is -0.488 e. The van der Waals surface area contributed by atoms with E-state index in [1.54, 1.807) is 6.33 Å². The lowest BCUT2D eigenvalue weighted by molar-refractivity contribution is 0.207. The van der Waals surface area contributed by atoms with Gasteiger partial charge in [0.1, 0.15) is 35.6 Å². The smallest absolute Gasteiger partial charge is 0.139 e. The minimum absolute atomic E-state index is 0.146. The number of aromatic nitrogens is 3. The highest BCUT2D eigenvalue weighted by atomic mass is 79.9.